The van der Waals surface area contributed by atoms with Gasteiger partial charge in [-0.3, -0.25) is 9.59 Å². The first-order valence-electron chi connectivity index (χ1n) is 7.79. The minimum atomic E-state index is -0.926. The number of amides is 1. The van der Waals surface area contributed by atoms with Crippen molar-refractivity contribution in [2.75, 3.05) is 6.61 Å². The average Bonchev–Trinajstić information content (AvgIpc) is 3.31. The smallest absolute Gasteiger partial charge is 0.355 e. The van der Waals surface area contributed by atoms with Crippen molar-refractivity contribution in [3.8, 4) is 6.07 Å². The molecule has 0 bridgehead atoms. The zero-order valence-electron chi connectivity index (χ0n) is 14.3. The third kappa shape index (κ3) is 3.48. The Morgan fingerprint density at radius 2 is 2.00 bits per heavy atom. The Hall–Kier alpha value is -2.62. The Bertz CT molecular complexity index is 740. The van der Waals surface area contributed by atoms with E-state index in [9.17, 15) is 19.6 Å². The first-order valence-corrected chi connectivity index (χ1v) is 7.79. The van der Waals surface area contributed by atoms with Crippen molar-refractivity contribution in [3.05, 3.63) is 22.5 Å². The average molecular weight is 331 g/mol. The van der Waals surface area contributed by atoms with Gasteiger partial charge in [0.1, 0.15) is 11.2 Å². The second-order valence-electron chi connectivity index (χ2n) is 6.39. The SMILES string of the molecule is CC(=O)c1c(C)[nH]c(C(=O)OCC(=O)N[C@](C)(C#N)C2CC2)c1C. The number of esters is 1. The molecule has 0 radical (unpaired) electrons. The molecule has 0 unspecified atom stereocenters. The Labute approximate surface area is 140 Å². The Morgan fingerprint density at radius 3 is 2.46 bits per heavy atom. The van der Waals surface area contributed by atoms with Crippen molar-refractivity contribution in [2.45, 2.75) is 46.1 Å². The molecule has 7 heteroatoms. The lowest BCUT2D eigenvalue weighted by molar-refractivity contribution is -0.125. The fourth-order valence-electron chi connectivity index (χ4n) is 2.89. The lowest BCUT2D eigenvalue weighted by Crippen LogP contribution is -2.48. The molecule has 1 atom stereocenters. The van der Waals surface area contributed by atoms with Crippen LogP contribution in [0.1, 0.15) is 58.8 Å². The van der Waals surface area contributed by atoms with E-state index < -0.39 is 24.0 Å². The highest BCUT2D eigenvalue weighted by atomic mass is 16.5. The predicted molar refractivity (Wildman–Crippen MR) is 85.4 cm³/mol. The van der Waals surface area contributed by atoms with Crippen LogP contribution in [-0.2, 0) is 9.53 Å². The molecule has 0 aromatic carbocycles. The minimum Gasteiger partial charge on any atom is -0.451 e. The van der Waals surface area contributed by atoms with E-state index in [1.807, 2.05) is 0 Å². The number of carbonyl (C=O) groups is 3. The Kier molecular flexibility index (Phi) is 4.78. The summed E-state index contributed by atoms with van der Waals surface area (Å²) in [5, 5.41) is 11.8. The number of rotatable bonds is 6. The monoisotopic (exact) mass is 331 g/mol. The molecule has 1 aromatic rings. The summed E-state index contributed by atoms with van der Waals surface area (Å²) in [4.78, 5) is 38.5. The van der Waals surface area contributed by atoms with Gasteiger partial charge < -0.3 is 15.0 Å². The van der Waals surface area contributed by atoms with Crippen LogP contribution in [-0.4, -0.2) is 34.8 Å². The zero-order valence-corrected chi connectivity index (χ0v) is 14.3. The number of aromatic amines is 1. The molecular formula is C17H21N3O4. The number of aromatic nitrogens is 1. The summed E-state index contributed by atoms with van der Waals surface area (Å²) in [5.41, 5.74) is 0.782. The lowest BCUT2D eigenvalue weighted by atomic mass is 9.98. The quantitative estimate of drug-likeness (QED) is 0.610. The van der Waals surface area contributed by atoms with Crippen molar-refractivity contribution in [2.24, 2.45) is 5.92 Å². The Morgan fingerprint density at radius 1 is 1.38 bits per heavy atom. The number of hydrogen-bond acceptors (Lipinski definition) is 5. The van der Waals surface area contributed by atoms with E-state index in [4.69, 9.17) is 4.74 Å². The summed E-state index contributed by atoms with van der Waals surface area (Å²) in [6, 6.07) is 2.11. The fourth-order valence-corrected chi connectivity index (χ4v) is 2.89. The van der Waals surface area contributed by atoms with Crippen LogP contribution in [0.4, 0.5) is 0 Å². The topological polar surface area (TPSA) is 112 Å². The highest BCUT2D eigenvalue weighted by molar-refractivity contribution is 6.01. The van der Waals surface area contributed by atoms with Gasteiger partial charge in [-0.25, -0.2) is 4.79 Å². The maximum absolute atomic E-state index is 12.1. The van der Waals surface area contributed by atoms with Gasteiger partial charge in [-0.05, 0) is 52.0 Å². The van der Waals surface area contributed by atoms with Gasteiger partial charge in [0, 0.05) is 11.3 Å². The first-order chi connectivity index (χ1) is 11.2. The van der Waals surface area contributed by atoms with Crippen LogP contribution in [0.3, 0.4) is 0 Å². The van der Waals surface area contributed by atoms with Crippen LogP contribution in [0, 0.1) is 31.1 Å². The van der Waals surface area contributed by atoms with Gasteiger partial charge in [-0.15, -0.1) is 0 Å². The second-order valence-corrected chi connectivity index (χ2v) is 6.39. The number of aryl methyl sites for hydroxylation is 1. The number of nitriles is 1. The van der Waals surface area contributed by atoms with Gasteiger partial charge in [-0.2, -0.15) is 5.26 Å². The summed E-state index contributed by atoms with van der Waals surface area (Å²) in [5.74, 6) is -1.23. The van der Waals surface area contributed by atoms with Crippen LogP contribution in [0.25, 0.3) is 0 Å². The number of nitrogens with one attached hydrogen (secondary N) is 2. The molecule has 128 valence electrons. The molecule has 1 fully saturated rings. The lowest BCUT2D eigenvalue weighted by Gasteiger charge is -2.22. The number of ketones is 1. The number of carbonyl (C=O) groups excluding carboxylic acids is 3. The van der Waals surface area contributed by atoms with Crippen LogP contribution < -0.4 is 5.32 Å². The van der Waals surface area contributed by atoms with Gasteiger partial charge in [0.15, 0.2) is 12.4 Å². The maximum Gasteiger partial charge on any atom is 0.355 e. The largest absolute Gasteiger partial charge is 0.451 e. The molecule has 1 saturated carbocycles. The molecule has 1 aliphatic rings. The van der Waals surface area contributed by atoms with Crippen molar-refractivity contribution < 1.29 is 19.1 Å². The highest BCUT2D eigenvalue weighted by Gasteiger charge is 2.43. The highest BCUT2D eigenvalue weighted by Crippen LogP contribution is 2.39. The minimum absolute atomic E-state index is 0.146. The number of Topliss-reactive ketones (excluding diaryl/α,β-unsaturated/α-hetero) is 1. The van der Waals surface area contributed by atoms with Gasteiger partial charge >= 0.3 is 5.97 Å². The van der Waals surface area contributed by atoms with Gasteiger partial charge in [0.2, 0.25) is 0 Å². The molecule has 1 heterocycles. The van der Waals surface area contributed by atoms with Crippen LogP contribution >= 0.6 is 0 Å². The van der Waals surface area contributed by atoms with Gasteiger partial charge in [0.05, 0.1) is 6.07 Å². The van der Waals surface area contributed by atoms with E-state index in [1.165, 1.54) is 6.92 Å². The molecule has 7 nitrogen and oxygen atoms in total. The number of ether oxygens (including phenoxy) is 1. The molecule has 1 amide bonds. The molecule has 24 heavy (non-hydrogen) atoms. The molecular weight excluding hydrogens is 310 g/mol. The van der Waals surface area contributed by atoms with E-state index >= 15 is 0 Å². The van der Waals surface area contributed by atoms with Crippen LogP contribution in [0.15, 0.2) is 0 Å². The standard InChI is InChI=1S/C17H21N3O4/c1-9-14(11(3)21)10(2)19-15(9)16(23)24-7-13(22)20-17(4,8-18)12-5-6-12/h12,19H,5-7H2,1-4H3,(H,20,22)/t17-/m1/s1. The normalized spacial score (nSPS) is 16.0. The third-order valence-corrected chi connectivity index (χ3v) is 4.35. The zero-order chi connectivity index (χ0) is 18.1. The molecule has 0 saturated heterocycles. The van der Waals surface area contributed by atoms with Gasteiger partial charge in [0.25, 0.3) is 5.91 Å². The fraction of sp³-hybridized carbons (Fsp3) is 0.529. The van der Waals surface area contributed by atoms with Gasteiger partial charge in [-0.1, -0.05) is 0 Å². The Balaban J connectivity index is 1.99. The summed E-state index contributed by atoms with van der Waals surface area (Å²) >= 11 is 0. The molecule has 0 aliphatic heterocycles. The van der Waals surface area contributed by atoms with Crippen molar-refractivity contribution in [1.82, 2.24) is 10.3 Å². The van der Waals surface area contributed by atoms with Crippen molar-refractivity contribution in [3.63, 3.8) is 0 Å². The van der Waals surface area contributed by atoms with E-state index in [0.717, 1.165) is 12.8 Å². The predicted octanol–water partition coefficient (Wildman–Crippen LogP) is 1.80. The van der Waals surface area contributed by atoms with E-state index in [1.54, 1.807) is 20.8 Å². The summed E-state index contributed by atoms with van der Waals surface area (Å²) in [6.07, 6.45) is 1.80. The van der Waals surface area contributed by atoms with Crippen molar-refractivity contribution >= 4 is 17.7 Å². The number of hydrogen-bond donors (Lipinski definition) is 2. The molecule has 2 N–H and O–H groups in total. The summed E-state index contributed by atoms with van der Waals surface area (Å²) in [6.45, 7) is 5.96. The van der Waals surface area contributed by atoms with E-state index in [2.05, 4.69) is 16.4 Å². The van der Waals surface area contributed by atoms with Crippen LogP contribution in [0.2, 0.25) is 0 Å². The summed E-state index contributed by atoms with van der Waals surface area (Å²) < 4.78 is 5.01. The van der Waals surface area contributed by atoms with E-state index in [0.29, 0.717) is 16.8 Å². The summed E-state index contributed by atoms with van der Waals surface area (Å²) in [7, 11) is 0. The number of nitrogens with zero attached hydrogens (tertiary/aromatic N) is 1. The molecule has 1 aromatic heterocycles. The third-order valence-electron chi connectivity index (χ3n) is 4.35. The molecule has 1 aliphatic carbocycles. The maximum atomic E-state index is 12.1. The van der Waals surface area contributed by atoms with Crippen molar-refractivity contribution in [1.29, 1.82) is 5.26 Å². The second kappa shape index (κ2) is 6.48. The molecule has 2 rings (SSSR count). The first kappa shape index (κ1) is 17.7. The van der Waals surface area contributed by atoms with Crippen LogP contribution in [0.5, 0.6) is 0 Å². The number of H-pyrrole nitrogens is 1. The van der Waals surface area contributed by atoms with E-state index in [-0.39, 0.29) is 17.4 Å². The molecule has 0 spiro atoms.